The Bertz CT molecular complexity index is 1360. The van der Waals surface area contributed by atoms with E-state index in [-0.39, 0.29) is 24.5 Å². The van der Waals surface area contributed by atoms with Crippen LogP contribution in [-0.4, -0.2) is 35.4 Å². The summed E-state index contributed by atoms with van der Waals surface area (Å²) >= 11 is 0. The number of esters is 1. The standard InChI is InChI=1S/C28H33N3O6/c1-7-37-24(33)15-22(29-28(35)30-26-23(32)11-18(4)31(5)27(26)34)19-12-20(14-21(13-19)36-6)25-16(2)9-8-10-17(25)3/h8-14,22,32H,7,15H2,1-6H3,(H2,29,30,35)/t22-/m0/s1. The van der Waals surface area contributed by atoms with Gasteiger partial charge < -0.3 is 29.8 Å². The number of aromatic hydroxyl groups is 1. The minimum Gasteiger partial charge on any atom is -0.505 e. The van der Waals surface area contributed by atoms with Crippen molar-refractivity contribution < 1.29 is 24.2 Å². The van der Waals surface area contributed by atoms with Crippen LogP contribution in [-0.2, 0) is 16.6 Å². The molecule has 0 aliphatic carbocycles. The zero-order valence-corrected chi connectivity index (χ0v) is 22.0. The van der Waals surface area contributed by atoms with Gasteiger partial charge in [-0.25, -0.2) is 4.79 Å². The van der Waals surface area contributed by atoms with Gasteiger partial charge >= 0.3 is 12.0 Å². The third kappa shape index (κ3) is 6.30. The molecule has 2 amide bonds. The van der Waals surface area contributed by atoms with Crippen LogP contribution < -0.4 is 20.9 Å². The van der Waals surface area contributed by atoms with Crippen LogP contribution in [0, 0.1) is 20.8 Å². The number of pyridine rings is 1. The van der Waals surface area contributed by atoms with Crippen molar-refractivity contribution in [3.63, 3.8) is 0 Å². The van der Waals surface area contributed by atoms with Gasteiger partial charge in [-0.1, -0.05) is 18.2 Å². The number of anilines is 1. The molecule has 9 nitrogen and oxygen atoms in total. The molecule has 3 rings (SSSR count). The fourth-order valence-corrected chi connectivity index (χ4v) is 4.22. The molecule has 1 aromatic heterocycles. The lowest BCUT2D eigenvalue weighted by atomic mass is 9.92. The van der Waals surface area contributed by atoms with E-state index < -0.39 is 23.6 Å². The van der Waals surface area contributed by atoms with Crippen molar-refractivity contribution in [1.82, 2.24) is 9.88 Å². The lowest BCUT2D eigenvalue weighted by Crippen LogP contribution is -2.36. The van der Waals surface area contributed by atoms with Crippen molar-refractivity contribution in [3.8, 4) is 22.6 Å². The van der Waals surface area contributed by atoms with Gasteiger partial charge in [0.2, 0.25) is 0 Å². The smallest absolute Gasteiger partial charge is 0.319 e. The Balaban J connectivity index is 2.02. The summed E-state index contributed by atoms with van der Waals surface area (Å²) < 4.78 is 12.0. The Hall–Kier alpha value is -4.27. The van der Waals surface area contributed by atoms with E-state index in [1.807, 2.05) is 44.2 Å². The first-order chi connectivity index (χ1) is 17.5. The lowest BCUT2D eigenvalue weighted by Gasteiger charge is -2.21. The Kier molecular flexibility index (Phi) is 8.60. The van der Waals surface area contributed by atoms with E-state index in [1.165, 1.54) is 17.7 Å². The number of hydrogen-bond donors (Lipinski definition) is 3. The van der Waals surface area contributed by atoms with Crippen LogP contribution in [0.2, 0.25) is 0 Å². The average molecular weight is 508 g/mol. The van der Waals surface area contributed by atoms with E-state index in [0.717, 1.165) is 22.3 Å². The highest BCUT2D eigenvalue weighted by molar-refractivity contribution is 5.91. The van der Waals surface area contributed by atoms with Gasteiger partial charge in [-0.15, -0.1) is 0 Å². The normalized spacial score (nSPS) is 11.5. The third-order valence-electron chi connectivity index (χ3n) is 6.21. The number of methoxy groups -OCH3 is 1. The van der Waals surface area contributed by atoms with Gasteiger partial charge in [0, 0.05) is 18.8 Å². The molecule has 0 radical (unpaired) electrons. The van der Waals surface area contributed by atoms with E-state index in [1.54, 1.807) is 27.0 Å². The first kappa shape index (κ1) is 27.3. The molecular weight excluding hydrogens is 474 g/mol. The molecule has 1 heterocycles. The monoisotopic (exact) mass is 507 g/mol. The molecule has 3 N–H and O–H groups in total. The summed E-state index contributed by atoms with van der Waals surface area (Å²) in [5.74, 6) is -0.300. The number of ether oxygens (including phenoxy) is 2. The number of aromatic nitrogens is 1. The first-order valence-electron chi connectivity index (χ1n) is 11.9. The van der Waals surface area contributed by atoms with Gasteiger partial charge in [-0.05, 0) is 73.7 Å². The highest BCUT2D eigenvalue weighted by Gasteiger charge is 2.23. The van der Waals surface area contributed by atoms with Crippen LogP contribution in [0.1, 0.15) is 41.8 Å². The van der Waals surface area contributed by atoms with Gasteiger partial charge in [0.1, 0.15) is 11.5 Å². The molecule has 1 atom stereocenters. The van der Waals surface area contributed by atoms with Crippen LogP contribution in [0.15, 0.2) is 47.3 Å². The van der Waals surface area contributed by atoms with E-state index in [0.29, 0.717) is 17.0 Å². The molecule has 0 spiro atoms. The van der Waals surface area contributed by atoms with Gasteiger partial charge in [0.15, 0.2) is 5.69 Å². The Morgan fingerprint density at radius 3 is 2.38 bits per heavy atom. The first-order valence-corrected chi connectivity index (χ1v) is 11.9. The van der Waals surface area contributed by atoms with Crippen molar-refractivity contribution in [2.75, 3.05) is 19.0 Å². The molecule has 9 heteroatoms. The number of benzene rings is 2. The Labute approximate surface area is 216 Å². The second kappa shape index (κ2) is 11.6. The summed E-state index contributed by atoms with van der Waals surface area (Å²) in [6, 6.07) is 11.3. The number of carbonyl (C=O) groups excluding carboxylic acids is 2. The van der Waals surface area contributed by atoms with Gasteiger partial charge in [-0.2, -0.15) is 0 Å². The van der Waals surface area contributed by atoms with Gasteiger partial charge in [0.25, 0.3) is 5.56 Å². The predicted octanol–water partition coefficient (Wildman–Crippen LogP) is 4.51. The molecule has 0 unspecified atom stereocenters. The number of rotatable bonds is 8. The van der Waals surface area contributed by atoms with Crippen molar-refractivity contribution >= 4 is 17.7 Å². The van der Waals surface area contributed by atoms with Crippen molar-refractivity contribution in [3.05, 3.63) is 75.2 Å². The molecule has 0 saturated heterocycles. The summed E-state index contributed by atoms with van der Waals surface area (Å²) in [6.45, 7) is 7.58. The molecule has 2 aromatic carbocycles. The van der Waals surface area contributed by atoms with Crippen LogP contribution in [0.3, 0.4) is 0 Å². The topological polar surface area (TPSA) is 119 Å². The molecule has 0 aliphatic heterocycles. The third-order valence-corrected chi connectivity index (χ3v) is 6.21. The minimum atomic E-state index is -0.811. The SMILES string of the molecule is CCOC(=O)C[C@H](NC(=O)Nc1c(O)cc(C)n(C)c1=O)c1cc(OC)cc(-c2c(C)cccc2C)c1. The lowest BCUT2D eigenvalue weighted by molar-refractivity contribution is -0.143. The highest BCUT2D eigenvalue weighted by atomic mass is 16.5. The van der Waals surface area contributed by atoms with Crippen molar-refractivity contribution in [2.45, 2.75) is 40.2 Å². The Morgan fingerprint density at radius 1 is 1.08 bits per heavy atom. The van der Waals surface area contributed by atoms with Crippen LogP contribution >= 0.6 is 0 Å². The summed E-state index contributed by atoms with van der Waals surface area (Å²) in [5.41, 5.74) is 4.34. The summed E-state index contributed by atoms with van der Waals surface area (Å²) in [7, 11) is 3.08. The molecular formula is C28H33N3O6. The Morgan fingerprint density at radius 2 is 1.76 bits per heavy atom. The predicted molar refractivity (Wildman–Crippen MR) is 142 cm³/mol. The van der Waals surface area contributed by atoms with Gasteiger partial charge in [-0.3, -0.25) is 9.59 Å². The maximum Gasteiger partial charge on any atom is 0.319 e. The fourth-order valence-electron chi connectivity index (χ4n) is 4.22. The maximum absolute atomic E-state index is 13.0. The zero-order chi connectivity index (χ0) is 27.3. The molecule has 0 aliphatic rings. The van der Waals surface area contributed by atoms with Crippen LogP contribution in [0.4, 0.5) is 10.5 Å². The van der Waals surface area contributed by atoms with Crippen molar-refractivity contribution in [2.24, 2.45) is 7.05 Å². The number of nitrogens with one attached hydrogen (secondary N) is 2. The maximum atomic E-state index is 13.0. The average Bonchev–Trinajstić information content (AvgIpc) is 2.84. The summed E-state index contributed by atoms with van der Waals surface area (Å²) in [6.07, 6.45) is -0.154. The number of urea groups is 1. The molecule has 0 bridgehead atoms. The number of nitrogens with zero attached hydrogens (tertiary/aromatic N) is 1. The largest absolute Gasteiger partial charge is 0.505 e. The summed E-state index contributed by atoms with van der Waals surface area (Å²) in [5, 5.41) is 15.4. The molecule has 0 fully saturated rings. The molecule has 196 valence electrons. The van der Waals surface area contributed by atoms with E-state index in [4.69, 9.17) is 9.47 Å². The molecule has 37 heavy (non-hydrogen) atoms. The van der Waals surface area contributed by atoms with E-state index >= 15 is 0 Å². The summed E-state index contributed by atoms with van der Waals surface area (Å²) in [4.78, 5) is 38.0. The van der Waals surface area contributed by atoms with Crippen LogP contribution in [0.5, 0.6) is 11.5 Å². The number of amides is 2. The van der Waals surface area contributed by atoms with E-state index in [2.05, 4.69) is 10.6 Å². The highest BCUT2D eigenvalue weighted by Crippen LogP contribution is 2.34. The van der Waals surface area contributed by atoms with Crippen molar-refractivity contribution in [1.29, 1.82) is 0 Å². The second-order valence-corrected chi connectivity index (χ2v) is 8.83. The molecule has 0 saturated carbocycles. The number of hydrogen-bond acceptors (Lipinski definition) is 6. The quantitative estimate of drug-likeness (QED) is 0.386. The minimum absolute atomic E-state index is 0.154. The zero-order valence-electron chi connectivity index (χ0n) is 22.0. The number of aryl methyl sites for hydroxylation is 3. The molecule has 3 aromatic rings. The number of carbonyl (C=O) groups is 2. The fraction of sp³-hybridized carbons (Fsp3) is 0.321. The van der Waals surface area contributed by atoms with Crippen LogP contribution in [0.25, 0.3) is 11.1 Å². The van der Waals surface area contributed by atoms with Gasteiger partial charge in [0.05, 0.1) is 26.2 Å². The second-order valence-electron chi connectivity index (χ2n) is 8.83. The van der Waals surface area contributed by atoms with E-state index in [9.17, 15) is 19.5 Å².